The van der Waals surface area contributed by atoms with E-state index in [4.69, 9.17) is 0 Å². The topological polar surface area (TPSA) is 68.3 Å². The lowest BCUT2D eigenvalue weighted by Gasteiger charge is -2.23. The second-order valence-electron chi connectivity index (χ2n) is 11.8. The van der Waals surface area contributed by atoms with Gasteiger partial charge in [0.1, 0.15) is 0 Å². The molecule has 0 radical (unpaired) electrons. The van der Waals surface area contributed by atoms with Gasteiger partial charge in [0.05, 0.1) is 0 Å². The molecule has 4 nitrogen and oxygen atoms in total. The van der Waals surface area contributed by atoms with E-state index in [0.29, 0.717) is 27.8 Å². The average Bonchev–Trinajstić information content (AvgIpc) is 3.20. The van der Waals surface area contributed by atoms with Crippen molar-refractivity contribution in [3.63, 3.8) is 0 Å². The quantitative estimate of drug-likeness (QED) is 0.139. The predicted molar refractivity (Wildman–Crippen MR) is 197 cm³/mol. The summed E-state index contributed by atoms with van der Waals surface area (Å²) in [6.07, 6.45) is 0. The van der Waals surface area contributed by atoms with Crippen molar-refractivity contribution < 1.29 is 19.2 Å². The van der Waals surface area contributed by atoms with E-state index in [1.807, 2.05) is 60.7 Å². The van der Waals surface area contributed by atoms with Crippen molar-refractivity contribution in [2.75, 3.05) is 0 Å². The van der Waals surface area contributed by atoms with E-state index in [-0.39, 0.29) is 33.6 Å². The van der Waals surface area contributed by atoms with Crippen molar-refractivity contribution in [2.24, 2.45) is 0 Å². The smallest absolute Gasteiger partial charge is 0.194 e. The molecule has 7 aromatic carbocycles. The molecule has 0 bridgehead atoms. The molecule has 0 aliphatic carbocycles. The number of rotatable bonds is 10. The van der Waals surface area contributed by atoms with Crippen LogP contribution in [0.25, 0.3) is 22.3 Å². The largest absolute Gasteiger partial charge is 0.289 e. The van der Waals surface area contributed by atoms with E-state index < -0.39 is 17.3 Å². The molecule has 4 heteroatoms. The van der Waals surface area contributed by atoms with Gasteiger partial charge >= 0.3 is 0 Å². The zero-order valence-corrected chi connectivity index (χ0v) is 27.0. The Morgan fingerprint density at radius 1 is 0.300 bits per heavy atom. The molecule has 0 saturated heterocycles. The third kappa shape index (κ3) is 6.14. The van der Waals surface area contributed by atoms with Crippen molar-refractivity contribution >= 4 is 23.1 Å². The Balaban J connectivity index is 1.68. The van der Waals surface area contributed by atoms with Crippen LogP contribution in [0.5, 0.6) is 0 Å². The molecule has 0 fully saturated rings. The fourth-order valence-corrected chi connectivity index (χ4v) is 6.31. The Kier molecular flexibility index (Phi) is 8.99. The lowest BCUT2D eigenvalue weighted by Crippen LogP contribution is -2.21. The number of hydrogen-bond acceptors (Lipinski definition) is 4. The van der Waals surface area contributed by atoms with Gasteiger partial charge in [-0.05, 0) is 22.8 Å². The maximum absolute atomic E-state index is 15.1. The molecule has 0 amide bonds. The lowest BCUT2D eigenvalue weighted by atomic mass is 9.77. The van der Waals surface area contributed by atoms with Gasteiger partial charge in [0.25, 0.3) is 0 Å². The minimum atomic E-state index is -0.499. The van der Waals surface area contributed by atoms with Gasteiger partial charge in [0.2, 0.25) is 0 Å². The van der Waals surface area contributed by atoms with Gasteiger partial charge < -0.3 is 0 Å². The molecule has 0 aromatic heterocycles. The van der Waals surface area contributed by atoms with Crippen LogP contribution in [-0.2, 0) is 0 Å². The Morgan fingerprint density at radius 3 is 1.10 bits per heavy atom. The van der Waals surface area contributed by atoms with Crippen LogP contribution < -0.4 is 0 Å². The molecular weight excluding hydrogens is 617 g/mol. The minimum absolute atomic E-state index is 0.00510. The van der Waals surface area contributed by atoms with Crippen LogP contribution in [0.3, 0.4) is 0 Å². The maximum atomic E-state index is 15.1. The van der Waals surface area contributed by atoms with E-state index in [2.05, 4.69) is 0 Å². The monoisotopic (exact) mass is 646 g/mol. The molecular formula is C46H30O4. The molecule has 0 heterocycles. The molecule has 7 aromatic rings. The minimum Gasteiger partial charge on any atom is -0.289 e. The van der Waals surface area contributed by atoms with Crippen LogP contribution in [0.2, 0.25) is 0 Å². The number of ketones is 4. The highest BCUT2D eigenvalue weighted by molar-refractivity contribution is 6.30. The molecule has 0 atom stereocenters. The second-order valence-corrected chi connectivity index (χ2v) is 11.8. The summed E-state index contributed by atoms with van der Waals surface area (Å²) in [5.74, 6) is -1.84. The Bertz CT molecular complexity index is 2350. The highest BCUT2D eigenvalue weighted by atomic mass is 16.1. The van der Waals surface area contributed by atoms with Gasteiger partial charge in [-0.3, -0.25) is 19.2 Å². The normalized spacial score (nSPS) is 10.7. The zero-order valence-electron chi connectivity index (χ0n) is 27.0. The van der Waals surface area contributed by atoms with E-state index in [1.165, 1.54) is 6.07 Å². The lowest BCUT2D eigenvalue weighted by molar-refractivity contribution is 0.0990. The van der Waals surface area contributed by atoms with Crippen LogP contribution in [0, 0.1) is 0 Å². The molecule has 0 N–H and O–H groups in total. The molecule has 238 valence electrons. The van der Waals surface area contributed by atoms with Gasteiger partial charge in [-0.15, -0.1) is 0 Å². The summed E-state index contributed by atoms with van der Waals surface area (Å²) in [5.41, 5.74) is 3.87. The summed E-state index contributed by atoms with van der Waals surface area (Å²) in [6, 6.07) is 53.3. The number of benzene rings is 7. The van der Waals surface area contributed by atoms with Gasteiger partial charge in [0, 0.05) is 50.1 Å². The summed E-state index contributed by atoms with van der Waals surface area (Å²) in [6.45, 7) is 0. The number of hydrogen-bond donors (Lipinski definition) is 0. The maximum Gasteiger partial charge on any atom is 0.194 e. The van der Waals surface area contributed by atoms with E-state index >= 15 is 4.79 Å². The number of carbonyl (C=O) groups is 4. The van der Waals surface area contributed by atoms with E-state index in [9.17, 15) is 14.4 Å². The van der Waals surface area contributed by atoms with Gasteiger partial charge in [0.15, 0.2) is 23.1 Å². The van der Waals surface area contributed by atoms with Crippen molar-refractivity contribution in [1.29, 1.82) is 0 Å². The first kappa shape index (κ1) is 31.8. The van der Waals surface area contributed by atoms with Crippen molar-refractivity contribution in [2.45, 2.75) is 0 Å². The highest BCUT2D eigenvalue weighted by Gasteiger charge is 2.34. The third-order valence-corrected chi connectivity index (χ3v) is 8.70. The molecule has 0 saturated carbocycles. The summed E-state index contributed by atoms with van der Waals surface area (Å²) in [5, 5.41) is 0. The second kappa shape index (κ2) is 14.1. The summed E-state index contributed by atoms with van der Waals surface area (Å²) < 4.78 is 0. The van der Waals surface area contributed by atoms with Gasteiger partial charge in [-0.2, -0.15) is 0 Å². The van der Waals surface area contributed by atoms with Gasteiger partial charge in [-0.1, -0.05) is 176 Å². The molecule has 50 heavy (non-hydrogen) atoms. The van der Waals surface area contributed by atoms with Crippen LogP contribution in [0.4, 0.5) is 0 Å². The molecule has 0 spiro atoms. The summed E-state index contributed by atoms with van der Waals surface area (Å²) in [4.78, 5) is 59.3. The van der Waals surface area contributed by atoms with Crippen LogP contribution in [-0.4, -0.2) is 23.1 Å². The van der Waals surface area contributed by atoms with Gasteiger partial charge in [-0.25, -0.2) is 0 Å². The summed E-state index contributed by atoms with van der Waals surface area (Å²) in [7, 11) is 0. The fourth-order valence-electron chi connectivity index (χ4n) is 6.31. The average molecular weight is 647 g/mol. The number of carbonyl (C=O) groups excluding carboxylic acids is 4. The van der Waals surface area contributed by atoms with E-state index in [1.54, 1.807) is 115 Å². The fraction of sp³-hybridized carbons (Fsp3) is 0. The molecule has 0 aliphatic heterocycles. The van der Waals surface area contributed by atoms with Crippen LogP contribution in [0.1, 0.15) is 63.7 Å². The SMILES string of the molecule is O=C(c1ccccc1)c1cc(C(=O)c2ccccc2)c(-c2ccccc2-c2ccccc2)c(C(=O)c2ccccc2)c1C(=O)c1ccccc1. The van der Waals surface area contributed by atoms with Crippen LogP contribution in [0.15, 0.2) is 182 Å². The van der Waals surface area contributed by atoms with Crippen molar-refractivity contribution in [3.8, 4) is 22.3 Å². The Labute approximate surface area is 290 Å². The van der Waals surface area contributed by atoms with Crippen molar-refractivity contribution in [3.05, 3.63) is 226 Å². The molecule has 0 unspecified atom stereocenters. The van der Waals surface area contributed by atoms with E-state index in [0.717, 1.165) is 11.1 Å². The first-order chi connectivity index (χ1) is 24.5. The highest BCUT2D eigenvalue weighted by Crippen LogP contribution is 2.41. The van der Waals surface area contributed by atoms with Crippen LogP contribution >= 0.6 is 0 Å². The predicted octanol–water partition coefficient (Wildman–Crippen LogP) is 9.94. The zero-order chi connectivity index (χ0) is 34.5. The van der Waals surface area contributed by atoms with Crippen molar-refractivity contribution in [1.82, 2.24) is 0 Å². The standard InChI is InChI=1S/C46H30O4/c47-43(32-20-8-2-9-21-32)38-30-39(44(48)33-22-10-3-11-23-33)41(45(49)34-24-12-4-13-25-34)42(46(50)35-26-14-5-15-27-35)40(38)37-29-17-16-28-36(37)31-18-6-1-7-19-31/h1-30H. The Morgan fingerprint density at radius 2 is 0.640 bits per heavy atom. The summed E-state index contributed by atoms with van der Waals surface area (Å²) >= 11 is 0. The Hall–Kier alpha value is -6.78. The third-order valence-electron chi connectivity index (χ3n) is 8.70. The first-order valence-corrected chi connectivity index (χ1v) is 16.3. The molecule has 0 aliphatic rings. The first-order valence-electron chi connectivity index (χ1n) is 16.3. The molecule has 7 rings (SSSR count).